The third-order valence-corrected chi connectivity index (χ3v) is 3.68. The summed E-state index contributed by atoms with van der Waals surface area (Å²) in [5, 5.41) is 9.50. The number of hydrogen-bond donors (Lipinski definition) is 1. The second-order valence-corrected chi connectivity index (χ2v) is 5.28. The van der Waals surface area contributed by atoms with Gasteiger partial charge in [0.05, 0.1) is 18.1 Å². The van der Waals surface area contributed by atoms with Crippen LogP contribution in [0.15, 0.2) is 59.7 Å². The molecule has 1 aliphatic heterocycles. The monoisotopic (exact) mass is 340 g/mol. The SMILES string of the molecule is C=CCOc1ccc(C2C(C#N)=C(N)OC(C)=C2C(=O)OCC)cc1. The highest BCUT2D eigenvalue weighted by atomic mass is 16.5. The number of allylic oxidation sites excluding steroid dienone is 2. The average Bonchev–Trinajstić information content (AvgIpc) is 2.60. The Labute approximate surface area is 146 Å². The molecule has 1 aromatic rings. The molecule has 2 N–H and O–H groups in total. The lowest BCUT2D eigenvalue weighted by molar-refractivity contribution is -0.139. The van der Waals surface area contributed by atoms with E-state index < -0.39 is 11.9 Å². The first-order valence-corrected chi connectivity index (χ1v) is 7.82. The molecule has 0 fully saturated rings. The fourth-order valence-electron chi connectivity index (χ4n) is 2.60. The zero-order valence-electron chi connectivity index (χ0n) is 14.2. The molecule has 6 heteroatoms. The fraction of sp³-hybridized carbons (Fsp3) is 0.263. The first-order valence-electron chi connectivity index (χ1n) is 7.82. The molecule has 130 valence electrons. The van der Waals surface area contributed by atoms with Crippen molar-refractivity contribution in [1.82, 2.24) is 0 Å². The fourth-order valence-corrected chi connectivity index (χ4v) is 2.60. The largest absolute Gasteiger partial charge is 0.490 e. The Balaban J connectivity index is 2.47. The number of carbonyl (C=O) groups excluding carboxylic acids is 1. The molecule has 1 aliphatic rings. The number of benzene rings is 1. The van der Waals surface area contributed by atoms with Crippen LogP contribution in [0, 0.1) is 11.3 Å². The highest BCUT2D eigenvalue weighted by Crippen LogP contribution is 2.39. The van der Waals surface area contributed by atoms with Gasteiger partial charge >= 0.3 is 5.97 Å². The quantitative estimate of drug-likeness (QED) is 0.632. The topological polar surface area (TPSA) is 94.6 Å². The molecule has 1 aromatic carbocycles. The first-order chi connectivity index (χ1) is 12.0. The third-order valence-electron chi connectivity index (χ3n) is 3.68. The van der Waals surface area contributed by atoms with Gasteiger partial charge in [-0.15, -0.1) is 0 Å². The van der Waals surface area contributed by atoms with Crippen LogP contribution in [0.5, 0.6) is 5.75 Å². The standard InChI is InChI=1S/C19H20N2O4/c1-4-10-24-14-8-6-13(7-9-14)17-15(11-20)18(21)25-12(3)16(17)19(22)23-5-2/h4,6-9,17H,1,5,10,21H2,2-3H3. The molecule has 25 heavy (non-hydrogen) atoms. The number of rotatable bonds is 6. The molecule has 2 rings (SSSR count). The van der Waals surface area contributed by atoms with E-state index in [2.05, 4.69) is 6.58 Å². The number of carbonyl (C=O) groups is 1. The minimum absolute atomic E-state index is 0.00923. The van der Waals surface area contributed by atoms with Crippen LogP contribution in [0.1, 0.15) is 25.3 Å². The molecule has 6 nitrogen and oxygen atoms in total. The number of hydrogen-bond acceptors (Lipinski definition) is 6. The summed E-state index contributed by atoms with van der Waals surface area (Å²) in [7, 11) is 0. The smallest absolute Gasteiger partial charge is 0.338 e. The predicted molar refractivity (Wildman–Crippen MR) is 92.1 cm³/mol. The molecule has 1 heterocycles. The summed E-state index contributed by atoms with van der Waals surface area (Å²) in [5.74, 6) is -0.204. The van der Waals surface area contributed by atoms with E-state index in [4.69, 9.17) is 19.9 Å². The summed E-state index contributed by atoms with van der Waals surface area (Å²) in [6.45, 7) is 7.55. The maximum atomic E-state index is 12.4. The molecule has 0 saturated carbocycles. The van der Waals surface area contributed by atoms with E-state index in [9.17, 15) is 10.1 Å². The zero-order chi connectivity index (χ0) is 18.4. The van der Waals surface area contributed by atoms with Gasteiger partial charge in [0.25, 0.3) is 0 Å². The number of nitrogens with two attached hydrogens (primary N) is 1. The molecule has 0 radical (unpaired) electrons. The van der Waals surface area contributed by atoms with Crippen LogP contribution in [0.2, 0.25) is 0 Å². The zero-order valence-corrected chi connectivity index (χ0v) is 14.2. The highest BCUT2D eigenvalue weighted by molar-refractivity contribution is 5.92. The van der Waals surface area contributed by atoms with Crippen LogP contribution < -0.4 is 10.5 Å². The normalized spacial score (nSPS) is 16.8. The molecule has 0 amide bonds. The van der Waals surface area contributed by atoms with Crippen molar-refractivity contribution < 1.29 is 19.0 Å². The second kappa shape index (κ2) is 8.06. The lowest BCUT2D eigenvalue weighted by Gasteiger charge is -2.26. The van der Waals surface area contributed by atoms with E-state index in [1.54, 1.807) is 44.2 Å². The van der Waals surface area contributed by atoms with Crippen molar-refractivity contribution in [3.63, 3.8) is 0 Å². The molecule has 1 unspecified atom stereocenters. The summed E-state index contributed by atoms with van der Waals surface area (Å²) < 4.78 is 16.0. The van der Waals surface area contributed by atoms with Gasteiger partial charge in [0, 0.05) is 0 Å². The van der Waals surface area contributed by atoms with Crippen LogP contribution in [0.3, 0.4) is 0 Å². The minimum Gasteiger partial charge on any atom is -0.490 e. The van der Waals surface area contributed by atoms with Crippen molar-refractivity contribution in [2.24, 2.45) is 5.73 Å². The molecular formula is C19H20N2O4. The van der Waals surface area contributed by atoms with Crippen LogP contribution in [-0.4, -0.2) is 19.2 Å². The van der Waals surface area contributed by atoms with Crippen molar-refractivity contribution in [1.29, 1.82) is 5.26 Å². The maximum Gasteiger partial charge on any atom is 0.338 e. The predicted octanol–water partition coefficient (Wildman–Crippen LogP) is 2.90. The Morgan fingerprint density at radius 2 is 2.12 bits per heavy atom. The van der Waals surface area contributed by atoms with Crippen LogP contribution in [0.25, 0.3) is 0 Å². The van der Waals surface area contributed by atoms with Gasteiger partial charge in [0.2, 0.25) is 5.88 Å². The van der Waals surface area contributed by atoms with Gasteiger partial charge in [-0.1, -0.05) is 24.8 Å². The Morgan fingerprint density at radius 1 is 1.44 bits per heavy atom. The van der Waals surface area contributed by atoms with Crippen molar-refractivity contribution in [2.75, 3.05) is 13.2 Å². The Morgan fingerprint density at radius 3 is 2.68 bits per heavy atom. The molecule has 0 aliphatic carbocycles. The first kappa shape index (κ1) is 18.1. The van der Waals surface area contributed by atoms with Gasteiger partial charge in [-0.25, -0.2) is 4.79 Å². The lowest BCUT2D eigenvalue weighted by atomic mass is 9.83. The van der Waals surface area contributed by atoms with Crippen molar-refractivity contribution in [3.8, 4) is 11.8 Å². The summed E-state index contributed by atoms with van der Waals surface area (Å²) in [6, 6.07) is 9.13. The summed E-state index contributed by atoms with van der Waals surface area (Å²) >= 11 is 0. The van der Waals surface area contributed by atoms with Gasteiger partial charge in [-0.3, -0.25) is 0 Å². The number of esters is 1. The van der Waals surface area contributed by atoms with Crippen LogP contribution in [0.4, 0.5) is 0 Å². The molecule has 0 bridgehead atoms. The van der Waals surface area contributed by atoms with Gasteiger partial charge in [-0.2, -0.15) is 5.26 Å². The van der Waals surface area contributed by atoms with E-state index in [1.165, 1.54) is 0 Å². The molecule has 0 spiro atoms. The molecular weight excluding hydrogens is 320 g/mol. The number of nitrogens with zero attached hydrogens (tertiary/aromatic N) is 1. The minimum atomic E-state index is -0.647. The van der Waals surface area contributed by atoms with Crippen LogP contribution in [-0.2, 0) is 14.3 Å². The maximum absolute atomic E-state index is 12.4. The van der Waals surface area contributed by atoms with Crippen molar-refractivity contribution >= 4 is 5.97 Å². The van der Waals surface area contributed by atoms with Crippen molar-refractivity contribution in [3.05, 3.63) is 65.3 Å². The number of ether oxygens (including phenoxy) is 3. The Kier molecular flexibility index (Phi) is 5.85. The van der Waals surface area contributed by atoms with E-state index >= 15 is 0 Å². The molecule has 1 atom stereocenters. The van der Waals surface area contributed by atoms with E-state index in [0.29, 0.717) is 18.1 Å². The van der Waals surface area contributed by atoms with Gasteiger partial charge < -0.3 is 19.9 Å². The summed E-state index contributed by atoms with van der Waals surface area (Å²) in [4.78, 5) is 12.4. The lowest BCUT2D eigenvalue weighted by Crippen LogP contribution is -2.25. The number of nitriles is 1. The van der Waals surface area contributed by atoms with Gasteiger partial charge in [-0.05, 0) is 31.5 Å². The Hall–Kier alpha value is -3.20. The van der Waals surface area contributed by atoms with Crippen molar-refractivity contribution in [2.45, 2.75) is 19.8 Å². The second-order valence-electron chi connectivity index (χ2n) is 5.28. The summed E-state index contributed by atoms with van der Waals surface area (Å²) in [5.41, 5.74) is 7.02. The molecule has 0 saturated heterocycles. The summed E-state index contributed by atoms with van der Waals surface area (Å²) in [6.07, 6.45) is 1.65. The average molecular weight is 340 g/mol. The van der Waals surface area contributed by atoms with Gasteiger partial charge in [0.15, 0.2) is 0 Å². The van der Waals surface area contributed by atoms with Crippen LogP contribution >= 0.6 is 0 Å². The Bertz CT molecular complexity index is 770. The van der Waals surface area contributed by atoms with E-state index in [0.717, 1.165) is 5.56 Å². The van der Waals surface area contributed by atoms with E-state index in [-0.39, 0.29) is 23.6 Å². The van der Waals surface area contributed by atoms with E-state index in [1.807, 2.05) is 6.07 Å². The van der Waals surface area contributed by atoms with Gasteiger partial charge in [0.1, 0.15) is 29.8 Å². The highest BCUT2D eigenvalue weighted by Gasteiger charge is 2.36. The third kappa shape index (κ3) is 3.83. The molecule has 0 aromatic heterocycles.